The standard InChI is InChI=1S/C17H26N2.C2H6/c1-13-6-4-8-15(13)16-9-5-7-14-12-18(2)10-11-19(3)17(14)16;1-2/h5,7,9,13,15H,4,6,8,10-12H2,1-3H3;1-2H3/t13-,15+;/m1./s1. The lowest BCUT2D eigenvalue weighted by atomic mass is 9.87. The molecule has 1 aromatic rings. The van der Waals surface area contributed by atoms with Crippen LogP contribution in [-0.4, -0.2) is 32.1 Å². The maximum Gasteiger partial charge on any atom is 0.0445 e. The van der Waals surface area contributed by atoms with Crippen LogP contribution in [0.4, 0.5) is 5.69 Å². The third kappa shape index (κ3) is 3.42. The topological polar surface area (TPSA) is 6.48 Å². The van der Waals surface area contributed by atoms with E-state index in [-0.39, 0.29) is 0 Å². The van der Waals surface area contributed by atoms with Crippen molar-refractivity contribution in [3.8, 4) is 0 Å². The third-order valence-corrected chi connectivity index (χ3v) is 5.05. The Morgan fingerprint density at radius 3 is 2.48 bits per heavy atom. The van der Waals surface area contributed by atoms with Crippen LogP contribution >= 0.6 is 0 Å². The van der Waals surface area contributed by atoms with Gasteiger partial charge in [-0.15, -0.1) is 0 Å². The van der Waals surface area contributed by atoms with Gasteiger partial charge >= 0.3 is 0 Å². The Morgan fingerprint density at radius 1 is 1.05 bits per heavy atom. The van der Waals surface area contributed by atoms with Crippen molar-refractivity contribution < 1.29 is 0 Å². The van der Waals surface area contributed by atoms with Gasteiger partial charge in [-0.2, -0.15) is 0 Å². The highest BCUT2D eigenvalue weighted by Gasteiger charge is 2.29. The van der Waals surface area contributed by atoms with E-state index < -0.39 is 0 Å². The fourth-order valence-corrected chi connectivity index (χ4v) is 3.91. The highest BCUT2D eigenvalue weighted by molar-refractivity contribution is 5.61. The van der Waals surface area contributed by atoms with Crippen molar-refractivity contribution in [1.29, 1.82) is 0 Å². The summed E-state index contributed by atoms with van der Waals surface area (Å²) in [6, 6.07) is 6.97. The first-order chi connectivity index (χ1) is 10.2. The van der Waals surface area contributed by atoms with E-state index in [2.05, 4.69) is 49.0 Å². The summed E-state index contributed by atoms with van der Waals surface area (Å²) in [6.45, 7) is 9.82. The minimum absolute atomic E-state index is 0.779. The molecule has 2 nitrogen and oxygen atoms in total. The number of para-hydroxylation sites is 1. The highest BCUT2D eigenvalue weighted by atomic mass is 15.2. The molecule has 1 aliphatic carbocycles. The maximum absolute atomic E-state index is 2.49. The van der Waals surface area contributed by atoms with Gasteiger partial charge in [-0.1, -0.05) is 51.8 Å². The van der Waals surface area contributed by atoms with Gasteiger partial charge in [0.15, 0.2) is 0 Å². The molecule has 1 aromatic carbocycles. The van der Waals surface area contributed by atoms with Crippen molar-refractivity contribution in [2.45, 2.75) is 52.5 Å². The zero-order chi connectivity index (χ0) is 15.4. The van der Waals surface area contributed by atoms with Crippen LogP contribution in [0.15, 0.2) is 18.2 Å². The number of benzene rings is 1. The Bertz CT molecular complexity index is 455. The summed E-state index contributed by atoms with van der Waals surface area (Å²) >= 11 is 0. The zero-order valence-electron chi connectivity index (χ0n) is 14.5. The molecule has 2 aliphatic rings. The Hall–Kier alpha value is -1.02. The average molecular weight is 288 g/mol. The van der Waals surface area contributed by atoms with Gasteiger partial charge in [-0.05, 0) is 36.4 Å². The van der Waals surface area contributed by atoms with Crippen LogP contribution in [0, 0.1) is 5.92 Å². The van der Waals surface area contributed by atoms with E-state index in [0.29, 0.717) is 0 Å². The molecular weight excluding hydrogens is 256 g/mol. The van der Waals surface area contributed by atoms with Crippen molar-refractivity contribution >= 4 is 5.69 Å². The third-order valence-electron chi connectivity index (χ3n) is 5.05. The second kappa shape index (κ2) is 7.31. The lowest BCUT2D eigenvalue weighted by Crippen LogP contribution is -2.27. The molecule has 1 fully saturated rings. The van der Waals surface area contributed by atoms with Crippen LogP contribution in [0.3, 0.4) is 0 Å². The predicted octanol–water partition coefficient (Wildman–Crippen LogP) is 4.50. The Balaban J connectivity index is 0.000000774. The van der Waals surface area contributed by atoms with Crippen LogP contribution < -0.4 is 4.90 Å². The molecule has 2 heteroatoms. The van der Waals surface area contributed by atoms with E-state index in [9.17, 15) is 0 Å². The SMILES string of the molecule is CC.C[C@@H]1CCC[C@@H]1c1cccc2c1N(C)CCN(C)C2. The number of fused-ring (bicyclic) bond motifs is 1. The normalized spacial score (nSPS) is 25.9. The number of rotatable bonds is 1. The second-order valence-electron chi connectivity index (χ2n) is 6.53. The molecule has 0 unspecified atom stereocenters. The first kappa shape index (κ1) is 16.4. The smallest absolute Gasteiger partial charge is 0.0445 e. The van der Waals surface area contributed by atoms with Crippen LogP contribution in [0.25, 0.3) is 0 Å². The molecule has 118 valence electrons. The molecular formula is C19H32N2. The van der Waals surface area contributed by atoms with Gasteiger partial charge in [-0.3, -0.25) is 0 Å². The molecule has 3 rings (SSSR count). The molecule has 0 spiro atoms. The van der Waals surface area contributed by atoms with E-state index in [1.54, 1.807) is 5.56 Å². The summed E-state index contributed by atoms with van der Waals surface area (Å²) in [7, 11) is 4.49. The Labute approximate surface area is 131 Å². The Morgan fingerprint density at radius 2 is 1.81 bits per heavy atom. The summed E-state index contributed by atoms with van der Waals surface area (Å²) < 4.78 is 0. The molecule has 1 aliphatic heterocycles. The average Bonchev–Trinajstić information content (AvgIpc) is 2.86. The van der Waals surface area contributed by atoms with Gasteiger partial charge < -0.3 is 9.80 Å². The Kier molecular flexibility index (Phi) is 5.69. The number of hydrogen-bond acceptors (Lipinski definition) is 2. The molecule has 1 heterocycles. The van der Waals surface area contributed by atoms with E-state index in [0.717, 1.165) is 31.5 Å². The molecule has 0 bridgehead atoms. The lowest BCUT2D eigenvalue weighted by Gasteiger charge is -2.27. The van der Waals surface area contributed by atoms with E-state index >= 15 is 0 Å². The fourth-order valence-electron chi connectivity index (χ4n) is 3.91. The summed E-state index contributed by atoms with van der Waals surface area (Å²) in [5.41, 5.74) is 4.66. The van der Waals surface area contributed by atoms with Crippen molar-refractivity contribution in [1.82, 2.24) is 4.90 Å². The van der Waals surface area contributed by atoms with Gasteiger partial charge in [-0.25, -0.2) is 0 Å². The van der Waals surface area contributed by atoms with E-state index in [4.69, 9.17) is 0 Å². The highest BCUT2D eigenvalue weighted by Crippen LogP contribution is 2.44. The molecule has 0 amide bonds. The predicted molar refractivity (Wildman–Crippen MR) is 93.2 cm³/mol. The lowest BCUT2D eigenvalue weighted by molar-refractivity contribution is 0.342. The van der Waals surface area contributed by atoms with Crippen LogP contribution in [0.5, 0.6) is 0 Å². The summed E-state index contributed by atoms with van der Waals surface area (Å²) in [5, 5.41) is 0. The minimum Gasteiger partial charge on any atom is -0.373 e. The summed E-state index contributed by atoms with van der Waals surface area (Å²) in [6.07, 6.45) is 4.18. The fraction of sp³-hybridized carbons (Fsp3) is 0.684. The number of hydrogen-bond donors (Lipinski definition) is 0. The molecule has 0 N–H and O–H groups in total. The first-order valence-electron chi connectivity index (χ1n) is 8.68. The quantitative estimate of drug-likeness (QED) is 0.751. The van der Waals surface area contributed by atoms with Gasteiger partial charge in [0.05, 0.1) is 0 Å². The minimum atomic E-state index is 0.779. The second-order valence-corrected chi connectivity index (χ2v) is 6.53. The van der Waals surface area contributed by atoms with Gasteiger partial charge in [0.25, 0.3) is 0 Å². The van der Waals surface area contributed by atoms with Gasteiger partial charge in [0.1, 0.15) is 0 Å². The largest absolute Gasteiger partial charge is 0.373 e. The summed E-state index contributed by atoms with van der Waals surface area (Å²) in [4.78, 5) is 4.92. The zero-order valence-corrected chi connectivity index (χ0v) is 14.5. The molecule has 0 radical (unpaired) electrons. The molecule has 2 atom stereocenters. The summed E-state index contributed by atoms with van der Waals surface area (Å²) in [5.74, 6) is 1.63. The monoisotopic (exact) mass is 288 g/mol. The van der Waals surface area contributed by atoms with Crippen LogP contribution in [-0.2, 0) is 6.54 Å². The van der Waals surface area contributed by atoms with Gasteiger partial charge in [0, 0.05) is 32.4 Å². The van der Waals surface area contributed by atoms with Gasteiger partial charge in [0.2, 0.25) is 0 Å². The molecule has 1 saturated carbocycles. The molecule has 21 heavy (non-hydrogen) atoms. The van der Waals surface area contributed by atoms with Crippen LogP contribution in [0.1, 0.15) is 57.1 Å². The number of anilines is 1. The van der Waals surface area contributed by atoms with Crippen molar-refractivity contribution in [2.24, 2.45) is 5.92 Å². The molecule has 0 saturated heterocycles. The number of nitrogens with zero attached hydrogens (tertiary/aromatic N) is 2. The van der Waals surface area contributed by atoms with Crippen molar-refractivity contribution in [3.63, 3.8) is 0 Å². The van der Waals surface area contributed by atoms with Crippen molar-refractivity contribution in [2.75, 3.05) is 32.1 Å². The van der Waals surface area contributed by atoms with E-state index in [1.165, 1.54) is 30.5 Å². The first-order valence-corrected chi connectivity index (χ1v) is 8.68. The van der Waals surface area contributed by atoms with Crippen LogP contribution in [0.2, 0.25) is 0 Å². The van der Waals surface area contributed by atoms with E-state index in [1.807, 2.05) is 13.8 Å². The molecule has 0 aromatic heterocycles. The maximum atomic E-state index is 2.49. The number of likely N-dealkylation sites (N-methyl/N-ethyl adjacent to an activating group) is 2. The van der Waals surface area contributed by atoms with Crippen molar-refractivity contribution in [3.05, 3.63) is 29.3 Å².